The molecular formula is C22H20ClF3N8O4. The van der Waals surface area contributed by atoms with Gasteiger partial charge in [-0.25, -0.2) is 19.4 Å². The van der Waals surface area contributed by atoms with Gasteiger partial charge in [-0.15, -0.1) is 10.2 Å². The Balaban J connectivity index is 1.80. The number of amides is 1. The zero-order valence-electron chi connectivity index (χ0n) is 19.8. The Morgan fingerprint density at radius 3 is 2.55 bits per heavy atom. The van der Waals surface area contributed by atoms with Crippen LogP contribution in [0.1, 0.15) is 16.4 Å². The highest BCUT2D eigenvalue weighted by Gasteiger charge is 2.39. The number of hydrogen-bond acceptors (Lipinski definition) is 8. The summed E-state index contributed by atoms with van der Waals surface area (Å²) < 4.78 is 47.2. The molecular weight excluding hydrogens is 533 g/mol. The van der Waals surface area contributed by atoms with Gasteiger partial charge in [0.1, 0.15) is 6.54 Å². The fourth-order valence-electron chi connectivity index (χ4n) is 3.46. The fourth-order valence-corrected chi connectivity index (χ4v) is 3.59. The van der Waals surface area contributed by atoms with Crippen molar-refractivity contribution in [1.82, 2.24) is 39.4 Å². The molecule has 1 atom stereocenters. The first-order valence-electron chi connectivity index (χ1n) is 10.9. The van der Waals surface area contributed by atoms with Crippen molar-refractivity contribution < 1.29 is 27.8 Å². The molecule has 16 heteroatoms. The third-order valence-corrected chi connectivity index (χ3v) is 5.55. The molecule has 4 aromatic rings. The third-order valence-electron chi connectivity index (χ3n) is 5.30. The van der Waals surface area contributed by atoms with Gasteiger partial charge in [-0.2, -0.15) is 17.9 Å². The number of benzene rings is 1. The Kier molecular flexibility index (Phi) is 7.50. The SMILES string of the molecule is CNC(=O)c1nc(Cn2nc(-c3ccc(Cl)cc3)n(CC(O)C(F)(F)F)c2=O)nn1-c1ncccc1OC. The number of ether oxygens (including phenoxy) is 1. The maximum Gasteiger partial charge on any atom is 0.416 e. The van der Waals surface area contributed by atoms with E-state index in [9.17, 15) is 27.9 Å². The molecule has 0 radical (unpaired) electrons. The second-order valence-electron chi connectivity index (χ2n) is 7.81. The van der Waals surface area contributed by atoms with E-state index in [0.29, 0.717) is 9.59 Å². The quantitative estimate of drug-likeness (QED) is 0.336. The summed E-state index contributed by atoms with van der Waals surface area (Å²) in [5, 5.41) is 20.9. The Hall–Kier alpha value is -4.24. The van der Waals surface area contributed by atoms with E-state index >= 15 is 0 Å². The second-order valence-corrected chi connectivity index (χ2v) is 8.25. The van der Waals surface area contributed by atoms with Crippen LogP contribution < -0.4 is 15.7 Å². The maximum atomic E-state index is 13.1. The van der Waals surface area contributed by atoms with Crippen LogP contribution in [0.15, 0.2) is 47.4 Å². The van der Waals surface area contributed by atoms with Gasteiger partial charge >= 0.3 is 11.9 Å². The van der Waals surface area contributed by atoms with Crippen molar-refractivity contribution in [3.63, 3.8) is 0 Å². The largest absolute Gasteiger partial charge is 0.493 e. The van der Waals surface area contributed by atoms with E-state index < -0.39 is 37.0 Å². The number of aromatic nitrogens is 7. The summed E-state index contributed by atoms with van der Waals surface area (Å²) >= 11 is 5.91. The maximum absolute atomic E-state index is 13.1. The van der Waals surface area contributed by atoms with Gasteiger partial charge < -0.3 is 15.2 Å². The molecule has 1 unspecified atom stereocenters. The van der Waals surface area contributed by atoms with Gasteiger partial charge in [-0.1, -0.05) is 11.6 Å². The van der Waals surface area contributed by atoms with Crippen LogP contribution in [0.4, 0.5) is 13.2 Å². The average Bonchev–Trinajstić information content (AvgIpc) is 3.45. The minimum atomic E-state index is -4.97. The van der Waals surface area contributed by atoms with E-state index in [1.807, 2.05) is 0 Å². The molecule has 0 aliphatic rings. The number of hydrogen-bond donors (Lipinski definition) is 2. The zero-order valence-corrected chi connectivity index (χ0v) is 20.6. The Morgan fingerprint density at radius 1 is 1.21 bits per heavy atom. The molecule has 1 aromatic carbocycles. The normalized spacial score (nSPS) is 12.4. The summed E-state index contributed by atoms with van der Waals surface area (Å²) in [6, 6.07) is 9.09. The zero-order chi connectivity index (χ0) is 27.6. The molecule has 0 aliphatic carbocycles. The lowest BCUT2D eigenvalue weighted by Crippen LogP contribution is -2.37. The molecule has 200 valence electrons. The van der Waals surface area contributed by atoms with Gasteiger partial charge in [0.15, 0.2) is 29.3 Å². The van der Waals surface area contributed by atoms with Crippen LogP contribution >= 0.6 is 11.6 Å². The molecule has 3 aromatic heterocycles. The van der Waals surface area contributed by atoms with Crippen molar-refractivity contribution in [3.05, 3.63) is 69.8 Å². The highest BCUT2D eigenvalue weighted by Crippen LogP contribution is 2.24. The number of carbonyl (C=O) groups excluding carboxylic acids is 1. The lowest BCUT2D eigenvalue weighted by atomic mass is 10.2. The Morgan fingerprint density at radius 2 is 1.92 bits per heavy atom. The van der Waals surface area contributed by atoms with Crippen molar-refractivity contribution in [2.45, 2.75) is 25.4 Å². The standard InChI is InChI=1S/C22H20ClF3N8O4/c1-27-20(36)19-29-16(30-34(19)18-14(38-2)4-3-9-28-18)11-33-21(37)32(10-15(35)22(24,25)26)17(31-33)12-5-7-13(23)8-6-12/h3-9,15,35H,10-11H2,1-2H3,(H,27,36). The summed E-state index contributed by atoms with van der Waals surface area (Å²) in [6.45, 7) is -1.52. The molecule has 3 heterocycles. The molecule has 0 bridgehead atoms. The number of carbonyl (C=O) groups is 1. The molecule has 0 saturated heterocycles. The summed E-state index contributed by atoms with van der Waals surface area (Å²) in [6.07, 6.45) is -6.34. The van der Waals surface area contributed by atoms with Crippen LogP contribution in [-0.2, 0) is 13.1 Å². The first-order chi connectivity index (χ1) is 18.0. The van der Waals surface area contributed by atoms with Gasteiger partial charge in [0.05, 0.1) is 13.7 Å². The van der Waals surface area contributed by atoms with E-state index in [4.69, 9.17) is 16.3 Å². The number of nitrogens with one attached hydrogen (secondary N) is 1. The Bertz CT molecular complexity index is 1510. The monoisotopic (exact) mass is 552 g/mol. The van der Waals surface area contributed by atoms with Gasteiger partial charge in [0.25, 0.3) is 5.91 Å². The second kappa shape index (κ2) is 10.6. The Labute approximate surface area is 217 Å². The van der Waals surface area contributed by atoms with E-state index in [0.717, 1.165) is 9.36 Å². The molecule has 0 saturated carbocycles. The van der Waals surface area contributed by atoms with Crippen LogP contribution in [0.2, 0.25) is 5.02 Å². The topological polar surface area (TPSA) is 142 Å². The van der Waals surface area contributed by atoms with Crippen LogP contribution in [0, 0.1) is 0 Å². The van der Waals surface area contributed by atoms with Gasteiger partial charge in [0, 0.05) is 23.8 Å². The number of nitrogens with zero attached hydrogens (tertiary/aromatic N) is 7. The smallest absolute Gasteiger partial charge is 0.416 e. The van der Waals surface area contributed by atoms with E-state index in [1.54, 1.807) is 12.1 Å². The predicted octanol–water partition coefficient (Wildman–Crippen LogP) is 1.68. The molecule has 0 spiro atoms. The number of pyridine rings is 1. The molecule has 1 amide bonds. The van der Waals surface area contributed by atoms with Crippen molar-refractivity contribution in [2.75, 3.05) is 14.2 Å². The minimum Gasteiger partial charge on any atom is -0.493 e. The van der Waals surface area contributed by atoms with Crippen molar-refractivity contribution in [1.29, 1.82) is 0 Å². The molecule has 2 N–H and O–H groups in total. The number of aliphatic hydroxyl groups excluding tert-OH is 1. The summed E-state index contributed by atoms with van der Waals surface area (Å²) in [7, 11) is 2.78. The van der Waals surface area contributed by atoms with Gasteiger partial charge in [-0.05, 0) is 36.4 Å². The summed E-state index contributed by atoms with van der Waals surface area (Å²) in [4.78, 5) is 34.0. The number of alkyl halides is 3. The summed E-state index contributed by atoms with van der Waals surface area (Å²) in [5.41, 5.74) is -0.686. The molecule has 4 rings (SSSR count). The highest BCUT2D eigenvalue weighted by molar-refractivity contribution is 6.30. The first kappa shape index (κ1) is 26.8. The molecule has 38 heavy (non-hydrogen) atoms. The predicted molar refractivity (Wildman–Crippen MR) is 127 cm³/mol. The van der Waals surface area contributed by atoms with E-state index in [-0.39, 0.29) is 34.6 Å². The lowest BCUT2D eigenvalue weighted by Gasteiger charge is -2.15. The first-order valence-corrected chi connectivity index (χ1v) is 11.3. The van der Waals surface area contributed by atoms with E-state index in [2.05, 4.69) is 25.5 Å². The average molecular weight is 553 g/mol. The van der Waals surface area contributed by atoms with Gasteiger partial charge in [-0.3, -0.25) is 9.36 Å². The van der Waals surface area contributed by atoms with Crippen LogP contribution in [0.5, 0.6) is 5.75 Å². The fraction of sp³-hybridized carbons (Fsp3) is 0.273. The van der Waals surface area contributed by atoms with Gasteiger partial charge in [0.2, 0.25) is 5.82 Å². The number of rotatable bonds is 8. The lowest BCUT2D eigenvalue weighted by molar-refractivity contribution is -0.207. The van der Waals surface area contributed by atoms with E-state index in [1.165, 1.54) is 44.6 Å². The van der Waals surface area contributed by atoms with Crippen LogP contribution in [0.3, 0.4) is 0 Å². The minimum absolute atomic E-state index is 0.0675. The van der Waals surface area contributed by atoms with Crippen LogP contribution in [0.25, 0.3) is 17.2 Å². The van der Waals surface area contributed by atoms with Crippen LogP contribution in [-0.4, -0.2) is 71.5 Å². The van der Waals surface area contributed by atoms with Crippen molar-refractivity contribution in [2.24, 2.45) is 0 Å². The number of aliphatic hydroxyl groups is 1. The molecule has 0 fully saturated rings. The molecule has 0 aliphatic heterocycles. The highest BCUT2D eigenvalue weighted by atomic mass is 35.5. The number of halogens is 4. The molecule has 12 nitrogen and oxygen atoms in total. The summed E-state index contributed by atoms with van der Waals surface area (Å²) in [5.74, 6) is -0.599. The number of methoxy groups -OCH3 is 1. The van der Waals surface area contributed by atoms with Crippen molar-refractivity contribution in [3.8, 4) is 23.0 Å². The van der Waals surface area contributed by atoms with Crippen molar-refractivity contribution >= 4 is 17.5 Å². The third kappa shape index (κ3) is 5.38.